The lowest BCUT2D eigenvalue weighted by Gasteiger charge is -2.18. The minimum atomic E-state index is -0.945. The Bertz CT molecular complexity index is 602. The van der Waals surface area contributed by atoms with Crippen LogP contribution in [0.5, 0.6) is 0 Å². The molecule has 1 saturated heterocycles. The Labute approximate surface area is 141 Å². The molecule has 1 aromatic rings. The molecule has 0 aliphatic carbocycles. The average molecular weight is 356 g/mol. The van der Waals surface area contributed by atoms with Crippen LogP contribution in [0, 0.1) is 0 Å². The van der Waals surface area contributed by atoms with Crippen LogP contribution >= 0.6 is 23.1 Å². The Balaban J connectivity index is 1.91. The van der Waals surface area contributed by atoms with Crippen molar-refractivity contribution in [3.63, 3.8) is 0 Å². The summed E-state index contributed by atoms with van der Waals surface area (Å²) < 4.78 is 4.66. The lowest BCUT2D eigenvalue weighted by molar-refractivity contribution is -0.144. The van der Waals surface area contributed by atoms with Crippen LogP contribution in [0.1, 0.15) is 22.5 Å². The molecule has 2 amide bonds. The fourth-order valence-electron chi connectivity index (χ4n) is 2.02. The number of hydrogen-bond donors (Lipinski definition) is 2. The van der Waals surface area contributed by atoms with Crippen LogP contribution < -0.4 is 10.6 Å². The van der Waals surface area contributed by atoms with Crippen molar-refractivity contribution in [3.8, 4) is 0 Å². The van der Waals surface area contributed by atoms with Gasteiger partial charge in [0.25, 0.3) is 0 Å². The van der Waals surface area contributed by atoms with Gasteiger partial charge < -0.3 is 15.4 Å². The van der Waals surface area contributed by atoms with E-state index in [9.17, 15) is 19.2 Å². The Morgan fingerprint density at radius 2 is 2.30 bits per heavy atom. The maximum atomic E-state index is 12.1. The van der Waals surface area contributed by atoms with Crippen molar-refractivity contribution in [2.24, 2.45) is 0 Å². The first-order valence-electron chi connectivity index (χ1n) is 6.89. The standard InChI is InChI=1S/C14H16N2O5S2/c1-21-13(19)9(7-23-14(20)10-3-2-6-22-10)16-12(18)8-4-5-11(17)15-8/h2-3,6,8-9H,4-5,7H2,1H3,(H,15,17)(H,16,18)/t8-,9+/m1/s1. The van der Waals surface area contributed by atoms with Gasteiger partial charge >= 0.3 is 5.97 Å². The molecule has 0 saturated carbocycles. The molecule has 2 N–H and O–H groups in total. The molecular weight excluding hydrogens is 340 g/mol. The number of carbonyl (C=O) groups excluding carboxylic acids is 4. The Morgan fingerprint density at radius 1 is 1.52 bits per heavy atom. The molecule has 0 spiro atoms. The van der Waals surface area contributed by atoms with Crippen molar-refractivity contribution in [3.05, 3.63) is 22.4 Å². The minimum Gasteiger partial charge on any atom is -0.467 e. The second kappa shape index (κ2) is 8.11. The SMILES string of the molecule is COC(=O)[C@H](CSC(=O)c1cccs1)NC(=O)[C@H]1CCC(=O)N1. The zero-order chi connectivity index (χ0) is 16.8. The first-order chi connectivity index (χ1) is 11.0. The summed E-state index contributed by atoms with van der Waals surface area (Å²) >= 11 is 2.25. The van der Waals surface area contributed by atoms with Crippen LogP contribution in [0.15, 0.2) is 17.5 Å². The molecule has 9 heteroatoms. The predicted octanol–water partition coefficient (Wildman–Crippen LogP) is 0.558. The van der Waals surface area contributed by atoms with Gasteiger partial charge in [0.2, 0.25) is 16.9 Å². The molecule has 1 fully saturated rings. The first kappa shape index (κ1) is 17.5. The third-order valence-corrected chi connectivity index (χ3v) is 5.20. The highest BCUT2D eigenvalue weighted by Gasteiger charge is 2.31. The number of esters is 1. The van der Waals surface area contributed by atoms with Gasteiger partial charge in [0.15, 0.2) is 0 Å². The van der Waals surface area contributed by atoms with E-state index in [4.69, 9.17) is 0 Å². The first-order valence-corrected chi connectivity index (χ1v) is 8.76. The van der Waals surface area contributed by atoms with Gasteiger partial charge in [-0.3, -0.25) is 14.4 Å². The van der Waals surface area contributed by atoms with Crippen molar-refractivity contribution < 1.29 is 23.9 Å². The van der Waals surface area contributed by atoms with Crippen LogP contribution in [-0.2, 0) is 19.1 Å². The molecule has 2 rings (SSSR count). The number of ether oxygens (including phenoxy) is 1. The van der Waals surface area contributed by atoms with Crippen LogP contribution in [0.4, 0.5) is 0 Å². The quantitative estimate of drug-likeness (QED) is 0.722. The Kier molecular flexibility index (Phi) is 6.17. The molecule has 0 unspecified atom stereocenters. The maximum Gasteiger partial charge on any atom is 0.329 e. The fraction of sp³-hybridized carbons (Fsp3) is 0.429. The lowest BCUT2D eigenvalue weighted by Crippen LogP contribution is -2.50. The van der Waals surface area contributed by atoms with Crippen LogP contribution in [0.2, 0.25) is 0 Å². The Morgan fingerprint density at radius 3 is 2.87 bits per heavy atom. The van der Waals surface area contributed by atoms with E-state index in [1.807, 2.05) is 0 Å². The largest absolute Gasteiger partial charge is 0.467 e. The van der Waals surface area contributed by atoms with E-state index >= 15 is 0 Å². The van der Waals surface area contributed by atoms with Crippen molar-refractivity contribution in [1.29, 1.82) is 0 Å². The highest BCUT2D eigenvalue weighted by molar-refractivity contribution is 8.14. The average Bonchev–Trinajstić information content (AvgIpc) is 3.21. The molecule has 1 aliphatic heterocycles. The minimum absolute atomic E-state index is 0.0653. The number of nitrogens with one attached hydrogen (secondary N) is 2. The maximum absolute atomic E-state index is 12.1. The summed E-state index contributed by atoms with van der Waals surface area (Å²) in [5, 5.41) is 6.68. The summed E-state index contributed by atoms with van der Waals surface area (Å²) in [5.74, 6) is -1.21. The topological polar surface area (TPSA) is 102 Å². The third-order valence-electron chi connectivity index (χ3n) is 3.22. The van der Waals surface area contributed by atoms with Crippen LogP contribution in [-0.4, -0.2) is 47.8 Å². The van der Waals surface area contributed by atoms with Crippen molar-refractivity contribution >= 4 is 46.0 Å². The summed E-state index contributed by atoms with van der Waals surface area (Å²) in [6.45, 7) is 0. The number of carbonyl (C=O) groups is 4. The zero-order valence-electron chi connectivity index (χ0n) is 12.4. The number of rotatable bonds is 6. The van der Waals surface area contributed by atoms with E-state index in [0.29, 0.717) is 11.3 Å². The third kappa shape index (κ3) is 4.80. The van der Waals surface area contributed by atoms with E-state index in [2.05, 4.69) is 15.4 Å². The number of amides is 2. The summed E-state index contributed by atoms with van der Waals surface area (Å²) in [5.41, 5.74) is 0. The molecule has 0 bridgehead atoms. The predicted molar refractivity (Wildman–Crippen MR) is 86.2 cm³/mol. The second-order valence-electron chi connectivity index (χ2n) is 4.82. The molecule has 0 radical (unpaired) electrons. The number of thiophene rings is 1. The fourth-order valence-corrected chi connectivity index (χ4v) is 3.64. The van der Waals surface area contributed by atoms with Gasteiger partial charge in [-0.1, -0.05) is 17.8 Å². The van der Waals surface area contributed by atoms with Gasteiger partial charge in [-0.25, -0.2) is 4.79 Å². The summed E-state index contributed by atoms with van der Waals surface area (Å²) in [6.07, 6.45) is 0.673. The Hall–Kier alpha value is -1.87. The van der Waals surface area contributed by atoms with Gasteiger partial charge in [-0.2, -0.15) is 0 Å². The number of thioether (sulfide) groups is 1. The van der Waals surface area contributed by atoms with Crippen LogP contribution in [0.3, 0.4) is 0 Å². The molecule has 23 heavy (non-hydrogen) atoms. The summed E-state index contributed by atoms with van der Waals surface area (Å²) in [4.78, 5) is 47.5. The second-order valence-corrected chi connectivity index (χ2v) is 6.76. The number of hydrogen-bond acceptors (Lipinski definition) is 7. The molecular formula is C14H16N2O5S2. The molecule has 1 aromatic heterocycles. The van der Waals surface area contributed by atoms with E-state index in [0.717, 1.165) is 11.8 Å². The van der Waals surface area contributed by atoms with Gasteiger partial charge in [0.1, 0.15) is 12.1 Å². The van der Waals surface area contributed by atoms with Crippen LogP contribution in [0.25, 0.3) is 0 Å². The van der Waals surface area contributed by atoms with Gasteiger partial charge in [-0.05, 0) is 17.9 Å². The zero-order valence-corrected chi connectivity index (χ0v) is 14.0. The molecule has 2 atom stereocenters. The van der Waals surface area contributed by atoms with Crippen molar-refractivity contribution in [2.75, 3.05) is 12.9 Å². The normalized spacial score (nSPS) is 18.1. The van der Waals surface area contributed by atoms with Crippen molar-refractivity contribution in [2.45, 2.75) is 24.9 Å². The highest BCUT2D eigenvalue weighted by Crippen LogP contribution is 2.18. The smallest absolute Gasteiger partial charge is 0.329 e. The monoisotopic (exact) mass is 356 g/mol. The molecule has 2 heterocycles. The van der Waals surface area contributed by atoms with E-state index in [1.165, 1.54) is 18.4 Å². The molecule has 7 nitrogen and oxygen atoms in total. The van der Waals surface area contributed by atoms with Gasteiger partial charge in [0, 0.05) is 12.2 Å². The molecule has 124 valence electrons. The number of methoxy groups -OCH3 is 1. The lowest BCUT2D eigenvalue weighted by atomic mass is 10.2. The van der Waals surface area contributed by atoms with Gasteiger partial charge in [-0.15, -0.1) is 11.3 Å². The highest BCUT2D eigenvalue weighted by atomic mass is 32.2. The summed E-state index contributed by atoms with van der Waals surface area (Å²) in [7, 11) is 1.21. The van der Waals surface area contributed by atoms with E-state index in [1.54, 1.807) is 17.5 Å². The van der Waals surface area contributed by atoms with E-state index in [-0.39, 0.29) is 23.2 Å². The van der Waals surface area contributed by atoms with Crippen molar-refractivity contribution in [1.82, 2.24) is 10.6 Å². The van der Waals surface area contributed by atoms with Gasteiger partial charge in [0.05, 0.1) is 12.0 Å². The van der Waals surface area contributed by atoms with E-state index < -0.39 is 24.0 Å². The molecule has 0 aromatic carbocycles. The molecule has 1 aliphatic rings. The summed E-state index contributed by atoms with van der Waals surface area (Å²) in [6, 6.07) is 1.87.